The number of ether oxygens (including phenoxy) is 2. The first kappa shape index (κ1) is 35.0. The molecule has 15 heteroatoms. The second-order valence-electron chi connectivity index (χ2n) is 14.1. The van der Waals surface area contributed by atoms with Crippen LogP contribution in [-0.4, -0.2) is 81.3 Å². The van der Waals surface area contributed by atoms with Gasteiger partial charge >= 0.3 is 12.2 Å². The van der Waals surface area contributed by atoms with Crippen LogP contribution in [-0.2, 0) is 37.0 Å². The van der Waals surface area contributed by atoms with Crippen LogP contribution in [0.5, 0.6) is 6.01 Å². The number of aromatic nitrogens is 4. The van der Waals surface area contributed by atoms with E-state index in [0.717, 1.165) is 56.1 Å². The molecule has 0 bridgehead atoms. The molecule has 1 atom stereocenters. The smallest absolute Gasteiger partial charge is 0.418 e. The number of rotatable bonds is 6. The Hall–Kier alpha value is -4.42. The molecule has 4 aliphatic heterocycles. The third kappa shape index (κ3) is 6.26. The number of fused-ring (bicyclic) bond motifs is 3. The molecule has 1 amide bonds. The van der Waals surface area contributed by atoms with Gasteiger partial charge in [0, 0.05) is 55.9 Å². The molecule has 51 heavy (non-hydrogen) atoms. The highest BCUT2D eigenvalue weighted by Gasteiger charge is 2.46. The van der Waals surface area contributed by atoms with Gasteiger partial charge in [0.1, 0.15) is 12.4 Å². The number of anilines is 2. The van der Waals surface area contributed by atoms with Gasteiger partial charge < -0.3 is 25.0 Å². The summed E-state index contributed by atoms with van der Waals surface area (Å²) in [6.07, 6.45) is -1.60. The predicted octanol–water partition coefficient (Wildman–Crippen LogP) is 5.03. The Morgan fingerprint density at radius 3 is 2.59 bits per heavy atom. The molecule has 6 heterocycles. The Morgan fingerprint density at radius 1 is 1.16 bits per heavy atom. The molecule has 4 aliphatic rings. The molecule has 2 saturated heterocycles. The zero-order chi connectivity index (χ0) is 36.2. The summed E-state index contributed by atoms with van der Waals surface area (Å²) in [5, 5.41) is 4.64. The average molecular weight is 711 g/mol. The van der Waals surface area contributed by atoms with Crippen LogP contribution in [0.25, 0.3) is 0 Å². The number of hydrogen-bond donors (Lipinski definition) is 1. The minimum Gasteiger partial charge on any atom is -0.461 e. The van der Waals surface area contributed by atoms with Gasteiger partial charge in [-0.15, -0.1) is 5.92 Å². The fourth-order valence-corrected chi connectivity index (χ4v) is 8.18. The molecule has 3 aromatic rings. The molecule has 272 valence electrons. The zero-order valence-corrected chi connectivity index (χ0v) is 29.3. The second kappa shape index (κ2) is 13.3. The minimum atomic E-state index is -4.93. The van der Waals surface area contributed by atoms with Crippen molar-refractivity contribution in [3.8, 4) is 17.9 Å². The quantitative estimate of drug-likeness (QED) is 0.214. The summed E-state index contributed by atoms with van der Waals surface area (Å²) in [4.78, 5) is 28.6. The summed E-state index contributed by atoms with van der Waals surface area (Å²) in [6.45, 7) is 7.03. The summed E-state index contributed by atoms with van der Waals surface area (Å²) in [7, 11) is 3.36. The van der Waals surface area contributed by atoms with Gasteiger partial charge in [-0.3, -0.25) is 14.4 Å². The van der Waals surface area contributed by atoms with Crippen LogP contribution in [0.3, 0.4) is 0 Å². The van der Waals surface area contributed by atoms with Crippen molar-refractivity contribution in [2.24, 2.45) is 0 Å². The van der Waals surface area contributed by atoms with E-state index in [-0.39, 0.29) is 30.5 Å². The molecule has 1 aromatic carbocycles. The Balaban J connectivity index is 1.30. The van der Waals surface area contributed by atoms with E-state index in [2.05, 4.69) is 26.7 Å². The van der Waals surface area contributed by atoms with E-state index in [1.807, 2.05) is 11.6 Å². The van der Waals surface area contributed by atoms with E-state index >= 15 is 4.39 Å². The lowest BCUT2D eigenvalue weighted by molar-refractivity contribution is -0.140. The van der Waals surface area contributed by atoms with Crippen molar-refractivity contribution >= 4 is 17.4 Å². The molecule has 0 spiro atoms. The van der Waals surface area contributed by atoms with Crippen LogP contribution in [0.15, 0.2) is 6.07 Å². The highest BCUT2D eigenvalue weighted by molar-refractivity contribution is 5.93. The Labute approximate surface area is 294 Å². The Kier molecular flexibility index (Phi) is 9.12. The van der Waals surface area contributed by atoms with Crippen LogP contribution in [0.2, 0.25) is 0 Å². The Morgan fingerprint density at radius 2 is 1.90 bits per heavy atom. The molecular weight excluding hydrogens is 668 g/mol. The fourth-order valence-electron chi connectivity index (χ4n) is 8.18. The summed E-state index contributed by atoms with van der Waals surface area (Å²) in [6, 6.07) is 1.02. The summed E-state index contributed by atoms with van der Waals surface area (Å²) in [5.74, 6) is 4.07. The molecule has 0 aliphatic carbocycles. The lowest BCUT2D eigenvalue weighted by Gasteiger charge is -2.33. The minimum absolute atomic E-state index is 0.102. The SMILES string of the molecule is CC#Cc1cc(N)c(F)c(C2Cc3nc(OCC45CCCN4CCC5)nc(N4CCCn5nc(C(=O)N(C)C)c(C)c5C4)c3CO2)c1C(F)(F)F. The van der Waals surface area contributed by atoms with Gasteiger partial charge in [-0.2, -0.15) is 28.2 Å². The standard InChI is InChI=1S/C36H42F4N8O3/c1-5-9-22-16-24(41)30(37)28(29(22)36(38,39)40)27-17-25-23(19-50-27)32(43-34(42-25)51-20-35-10-6-13-47(35)14-7-11-35)46-12-8-15-48-26(18-46)21(2)31(44-48)33(49)45(3)4/h16,27H,6-8,10-15,17-20,41H2,1-4H3. The van der Waals surface area contributed by atoms with Crippen LogP contribution >= 0.6 is 0 Å². The summed E-state index contributed by atoms with van der Waals surface area (Å²) < 4.78 is 73.8. The highest BCUT2D eigenvalue weighted by Crippen LogP contribution is 2.45. The maximum Gasteiger partial charge on any atom is 0.418 e. The van der Waals surface area contributed by atoms with Crippen molar-refractivity contribution in [3.63, 3.8) is 0 Å². The van der Waals surface area contributed by atoms with Crippen LogP contribution in [0.4, 0.5) is 29.1 Å². The van der Waals surface area contributed by atoms with Gasteiger partial charge in [0.05, 0.1) is 47.4 Å². The molecule has 1 unspecified atom stereocenters. The van der Waals surface area contributed by atoms with E-state index in [9.17, 15) is 18.0 Å². The van der Waals surface area contributed by atoms with E-state index in [4.69, 9.17) is 25.2 Å². The largest absolute Gasteiger partial charge is 0.461 e. The van der Waals surface area contributed by atoms with Crippen molar-refractivity contribution in [3.05, 3.63) is 56.8 Å². The number of aryl methyl sites for hydroxylation is 1. The number of hydrogen-bond acceptors (Lipinski definition) is 9. The number of nitrogen functional groups attached to an aromatic ring is 1. The topological polar surface area (TPSA) is 115 Å². The number of alkyl halides is 3. The van der Waals surface area contributed by atoms with Gasteiger partial charge in [-0.25, -0.2) is 4.39 Å². The normalized spacial score (nSPS) is 19.8. The van der Waals surface area contributed by atoms with Crippen molar-refractivity contribution in [2.75, 3.05) is 51.0 Å². The van der Waals surface area contributed by atoms with Crippen molar-refractivity contribution in [1.82, 2.24) is 29.5 Å². The molecule has 2 fully saturated rings. The molecular formula is C36H42F4N8O3. The zero-order valence-electron chi connectivity index (χ0n) is 29.3. The number of carbonyl (C=O) groups is 1. The maximum atomic E-state index is 15.7. The van der Waals surface area contributed by atoms with Crippen LogP contribution in [0.1, 0.15) is 94.8 Å². The van der Waals surface area contributed by atoms with Crippen molar-refractivity contribution < 1.29 is 31.8 Å². The van der Waals surface area contributed by atoms with Crippen LogP contribution in [0, 0.1) is 24.6 Å². The number of nitrogens with zero attached hydrogens (tertiary/aromatic N) is 7. The third-order valence-corrected chi connectivity index (χ3v) is 10.7. The maximum absolute atomic E-state index is 15.7. The molecule has 2 aromatic heterocycles. The molecule has 7 rings (SSSR count). The van der Waals surface area contributed by atoms with Crippen molar-refractivity contribution in [1.29, 1.82) is 0 Å². The van der Waals surface area contributed by atoms with Gasteiger partial charge in [-0.1, -0.05) is 5.92 Å². The van der Waals surface area contributed by atoms with Gasteiger partial charge in [0.2, 0.25) is 0 Å². The Bertz CT molecular complexity index is 1920. The van der Waals surface area contributed by atoms with Crippen LogP contribution < -0.4 is 15.4 Å². The first-order chi connectivity index (χ1) is 24.3. The molecule has 2 N–H and O–H groups in total. The van der Waals surface area contributed by atoms with Crippen molar-refractivity contribution in [2.45, 2.75) is 89.9 Å². The van der Waals surface area contributed by atoms with Gasteiger partial charge in [0.25, 0.3) is 5.91 Å². The van der Waals surface area contributed by atoms with E-state index in [1.54, 1.807) is 14.1 Å². The predicted molar refractivity (Wildman–Crippen MR) is 181 cm³/mol. The van der Waals surface area contributed by atoms with Gasteiger partial charge in [0.15, 0.2) is 11.5 Å². The number of nitrogens with two attached hydrogens (primary N) is 1. The first-order valence-electron chi connectivity index (χ1n) is 17.3. The summed E-state index contributed by atoms with van der Waals surface area (Å²) in [5.41, 5.74) is 6.04. The number of carbonyl (C=O) groups excluding carboxylic acids is 1. The number of amides is 1. The highest BCUT2D eigenvalue weighted by atomic mass is 19.4. The van der Waals surface area contributed by atoms with E-state index < -0.39 is 40.5 Å². The molecule has 0 saturated carbocycles. The van der Waals surface area contributed by atoms with E-state index in [0.29, 0.717) is 55.4 Å². The summed E-state index contributed by atoms with van der Waals surface area (Å²) >= 11 is 0. The third-order valence-electron chi connectivity index (χ3n) is 10.7. The average Bonchev–Trinajstić information content (AvgIpc) is 3.71. The van der Waals surface area contributed by atoms with Gasteiger partial charge in [-0.05, 0) is 65.1 Å². The fraction of sp³-hybridized carbons (Fsp3) is 0.556. The lowest BCUT2D eigenvalue weighted by atomic mass is 9.91. The molecule has 0 radical (unpaired) electrons. The lowest BCUT2D eigenvalue weighted by Crippen LogP contribution is -2.43. The molecule has 11 nitrogen and oxygen atoms in total. The number of benzene rings is 1. The first-order valence-corrected chi connectivity index (χ1v) is 17.3. The monoisotopic (exact) mass is 710 g/mol. The second-order valence-corrected chi connectivity index (χ2v) is 14.1. The van der Waals surface area contributed by atoms with E-state index in [1.165, 1.54) is 11.8 Å². The number of halogens is 4.